The van der Waals surface area contributed by atoms with Crippen LogP contribution >= 0.6 is 0 Å². The highest BCUT2D eigenvalue weighted by Crippen LogP contribution is 2.57. The largest absolute Gasteiger partial charge is 0.360 e. The fourth-order valence-corrected chi connectivity index (χ4v) is 7.48. The van der Waals surface area contributed by atoms with Gasteiger partial charge in [0.05, 0.1) is 19.3 Å². The molecule has 6 heteroatoms. The van der Waals surface area contributed by atoms with Crippen LogP contribution in [-0.4, -0.2) is 63.0 Å². The molecule has 3 aliphatic heterocycles. The van der Waals surface area contributed by atoms with Crippen LogP contribution in [-0.2, 0) is 19.2 Å². The number of nitrogens with zero attached hydrogens (tertiary/aromatic N) is 2. The van der Waals surface area contributed by atoms with Crippen molar-refractivity contribution in [2.75, 3.05) is 13.7 Å². The summed E-state index contributed by atoms with van der Waals surface area (Å²) in [6, 6.07) is 0. The van der Waals surface area contributed by atoms with Crippen LogP contribution in [0.3, 0.4) is 0 Å². The van der Waals surface area contributed by atoms with Crippen LogP contribution in [0.15, 0.2) is 0 Å². The van der Waals surface area contributed by atoms with E-state index < -0.39 is 11.2 Å². The van der Waals surface area contributed by atoms with Crippen molar-refractivity contribution in [3.8, 4) is 0 Å². The van der Waals surface area contributed by atoms with E-state index in [0.717, 1.165) is 19.3 Å². The minimum atomic E-state index is -0.750. The summed E-state index contributed by atoms with van der Waals surface area (Å²) < 4.78 is 7.00. The zero-order chi connectivity index (χ0) is 22.8. The first kappa shape index (κ1) is 24.1. The molecule has 0 saturated carbocycles. The minimum Gasteiger partial charge on any atom is -0.360 e. The Balaban J connectivity index is 1.94. The van der Waals surface area contributed by atoms with Crippen LogP contribution in [0.25, 0.3) is 0 Å². The minimum absolute atomic E-state index is 0.224. The van der Waals surface area contributed by atoms with Gasteiger partial charge < -0.3 is 9.57 Å². The molecule has 3 fully saturated rings. The van der Waals surface area contributed by atoms with E-state index in [1.54, 1.807) is 7.11 Å². The van der Waals surface area contributed by atoms with E-state index in [0.29, 0.717) is 25.9 Å². The van der Waals surface area contributed by atoms with E-state index >= 15 is 0 Å². The van der Waals surface area contributed by atoms with Gasteiger partial charge in [-0.15, -0.1) is 0 Å². The summed E-state index contributed by atoms with van der Waals surface area (Å²) in [4.78, 5) is 25.6. The van der Waals surface area contributed by atoms with Gasteiger partial charge >= 0.3 is 0 Å². The van der Waals surface area contributed by atoms with Crippen LogP contribution in [0.2, 0.25) is 0 Å². The average Bonchev–Trinajstić information content (AvgIpc) is 2.72. The Bertz CT molecular complexity index is 647. The molecule has 3 rings (SSSR count). The highest BCUT2D eigenvalue weighted by molar-refractivity contribution is 5.91. The van der Waals surface area contributed by atoms with E-state index in [-0.39, 0.29) is 27.9 Å². The molecule has 0 aromatic heterocycles. The summed E-state index contributed by atoms with van der Waals surface area (Å²) >= 11 is 0. The van der Waals surface area contributed by atoms with Crippen molar-refractivity contribution in [3.63, 3.8) is 0 Å². The Hall–Kier alpha value is -0.530. The van der Waals surface area contributed by atoms with Gasteiger partial charge in [-0.1, -0.05) is 6.92 Å². The van der Waals surface area contributed by atoms with Crippen molar-refractivity contribution in [3.05, 3.63) is 0 Å². The van der Waals surface area contributed by atoms with Crippen LogP contribution in [0, 0.1) is 0 Å². The summed E-state index contributed by atoms with van der Waals surface area (Å²) in [6.07, 6.45) is 4.32. The number of carbonyl (C=O) groups excluding carboxylic acids is 1. The molecule has 0 radical (unpaired) electrons. The molecule has 0 unspecified atom stereocenters. The molecule has 2 spiro atoms. The van der Waals surface area contributed by atoms with E-state index in [1.165, 1.54) is 0 Å². The average molecular weight is 425 g/mol. The molecule has 0 amide bonds. The number of hydrogen-bond acceptors (Lipinski definition) is 6. The summed E-state index contributed by atoms with van der Waals surface area (Å²) in [6.45, 7) is 20.3. The van der Waals surface area contributed by atoms with E-state index in [4.69, 9.17) is 14.4 Å². The van der Waals surface area contributed by atoms with Crippen LogP contribution in [0.1, 0.15) is 101 Å². The molecule has 0 aromatic rings. The molecule has 3 aliphatic rings. The molecule has 3 saturated heterocycles. The van der Waals surface area contributed by atoms with Crippen molar-refractivity contribution >= 4 is 5.78 Å². The third-order valence-electron chi connectivity index (χ3n) is 7.15. The van der Waals surface area contributed by atoms with Gasteiger partial charge in [-0.3, -0.25) is 9.63 Å². The fourth-order valence-electron chi connectivity index (χ4n) is 7.48. The lowest BCUT2D eigenvalue weighted by atomic mass is 9.69. The summed E-state index contributed by atoms with van der Waals surface area (Å²) in [7, 11) is 1.74. The van der Waals surface area contributed by atoms with Gasteiger partial charge in [0.15, 0.2) is 5.78 Å². The predicted octanol–water partition coefficient (Wildman–Crippen LogP) is 4.66. The number of rotatable bonds is 4. The lowest BCUT2D eigenvalue weighted by Crippen LogP contribution is -2.68. The SMILES string of the molecule is CCCON1C(C)(C)CC2(CC1(C)C)OC1(CC2=O)CC(C)(C)N(OC)C(C)(C)C1. The second kappa shape index (κ2) is 7.24. The Kier molecular flexibility index (Phi) is 5.82. The van der Waals surface area contributed by atoms with Gasteiger partial charge in [-0.05, 0) is 74.7 Å². The second-order valence-electron chi connectivity index (χ2n) is 12.4. The fraction of sp³-hybridized carbons (Fsp3) is 0.958. The molecule has 0 N–H and O–H groups in total. The van der Waals surface area contributed by atoms with Crippen molar-refractivity contribution < 1.29 is 19.2 Å². The maximum absolute atomic E-state index is 13.7. The zero-order valence-corrected chi connectivity index (χ0v) is 21.0. The summed E-state index contributed by atoms with van der Waals surface area (Å²) in [5, 5.41) is 4.21. The maximum atomic E-state index is 13.7. The molecule has 30 heavy (non-hydrogen) atoms. The number of piperidine rings is 2. The molecule has 0 aromatic carbocycles. The zero-order valence-electron chi connectivity index (χ0n) is 21.0. The molecular weight excluding hydrogens is 380 g/mol. The van der Waals surface area contributed by atoms with Gasteiger partial charge in [0.2, 0.25) is 0 Å². The second-order valence-corrected chi connectivity index (χ2v) is 12.4. The molecule has 174 valence electrons. The molecule has 0 bridgehead atoms. The predicted molar refractivity (Wildman–Crippen MR) is 118 cm³/mol. The Labute approximate surface area is 183 Å². The first-order valence-corrected chi connectivity index (χ1v) is 11.6. The van der Waals surface area contributed by atoms with Gasteiger partial charge in [-0.25, -0.2) is 0 Å². The molecule has 3 heterocycles. The van der Waals surface area contributed by atoms with E-state index in [9.17, 15) is 4.79 Å². The van der Waals surface area contributed by atoms with Crippen molar-refractivity contribution in [2.24, 2.45) is 0 Å². The third-order valence-corrected chi connectivity index (χ3v) is 7.15. The van der Waals surface area contributed by atoms with Gasteiger partial charge in [0.1, 0.15) is 5.60 Å². The van der Waals surface area contributed by atoms with Crippen molar-refractivity contribution in [1.82, 2.24) is 10.1 Å². The molecule has 0 aliphatic carbocycles. The molecule has 6 nitrogen and oxygen atoms in total. The number of carbonyl (C=O) groups is 1. The topological polar surface area (TPSA) is 51.2 Å². The highest BCUT2D eigenvalue weighted by atomic mass is 16.7. The smallest absolute Gasteiger partial charge is 0.167 e. The molecular formula is C24H44N2O4. The van der Waals surface area contributed by atoms with Gasteiger partial charge in [-0.2, -0.15) is 10.1 Å². The Morgan fingerprint density at radius 3 is 1.73 bits per heavy atom. The number of ketones is 1. The standard InChI is InChI=1S/C24H44N2O4/c1-11-12-29-26-21(6,7)16-24(17-22(26,8)9)18(27)13-23(30-24)14-19(2,3)25(28-10)20(4,5)15-23/h11-17H2,1-10H3. The van der Waals surface area contributed by atoms with Gasteiger partial charge in [0.25, 0.3) is 0 Å². The lowest BCUT2D eigenvalue weighted by molar-refractivity contribution is -0.325. The number of hydrogen-bond donors (Lipinski definition) is 0. The van der Waals surface area contributed by atoms with Crippen LogP contribution < -0.4 is 0 Å². The molecule has 0 atom stereocenters. The normalized spacial score (nSPS) is 31.5. The monoisotopic (exact) mass is 424 g/mol. The Morgan fingerprint density at radius 2 is 1.30 bits per heavy atom. The first-order valence-electron chi connectivity index (χ1n) is 11.6. The van der Waals surface area contributed by atoms with Crippen molar-refractivity contribution in [1.29, 1.82) is 0 Å². The lowest BCUT2D eigenvalue weighted by Gasteiger charge is -2.59. The van der Waals surface area contributed by atoms with E-state index in [2.05, 4.69) is 72.4 Å². The number of Topliss-reactive ketones (excluding diaryl/α,β-unsaturated/α-hetero) is 1. The first-order chi connectivity index (χ1) is 13.5. The highest BCUT2D eigenvalue weighted by Gasteiger charge is 2.67. The van der Waals surface area contributed by atoms with Crippen molar-refractivity contribution in [2.45, 2.75) is 134 Å². The number of hydroxylamine groups is 4. The van der Waals surface area contributed by atoms with Gasteiger partial charge in [0, 0.05) is 41.4 Å². The number of ether oxygens (including phenoxy) is 1. The van der Waals surface area contributed by atoms with E-state index in [1.807, 2.05) is 0 Å². The van der Waals surface area contributed by atoms with Crippen LogP contribution in [0.5, 0.6) is 0 Å². The Morgan fingerprint density at radius 1 is 0.833 bits per heavy atom. The maximum Gasteiger partial charge on any atom is 0.167 e. The third kappa shape index (κ3) is 3.88. The quantitative estimate of drug-likeness (QED) is 0.654. The summed E-state index contributed by atoms with van der Waals surface area (Å²) in [5.41, 5.74) is -2.23. The van der Waals surface area contributed by atoms with Crippen LogP contribution in [0.4, 0.5) is 0 Å². The summed E-state index contributed by atoms with van der Waals surface area (Å²) in [5.74, 6) is 0.260.